The maximum atomic E-state index is 11.8. The van der Waals surface area contributed by atoms with Gasteiger partial charge in [-0.1, -0.05) is 26.5 Å². The van der Waals surface area contributed by atoms with Crippen molar-refractivity contribution < 1.29 is 19.7 Å². The average molecular weight is 266 g/mol. The van der Waals surface area contributed by atoms with Gasteiger partial charge in [0.05, 0.1) is 18.6 Å². The Bertz CT molecular complexity index is 416. The summed E-state index contributed by atoms with van der Waals surface area (Å²) in [5.41, 5.74) is 0.205. The van der Waals surface area contributed by atoms with Crippen LogP contribution in [0.3, 0.4) is 0 Å². The van der Waals surface area contributed by atoms with Crippen LogP contribution in [0.25, 0.3) is 0 Å². The van der Waals surface area contributed by atoms with Crippen molar-refractivity contribution in [1.82, 2.24) is 0 Å². The molecule has 2 fully saturated rings. The monoisotopic (exact) mass is 266 g/mol. The molecule has 4 nitrogen and oxygen atoms in total. The Hall–Kier alpha value is -1.13. The molecule has 0 spiro atoms. The fourth-order valence-corrected chi connectivity index (χ4v) is 3.70. The summed E-state index contributed by atoms with van der Waals surface area (Å²) in [6.45, 7) is 11.3. The van der Waals surface area contributed by atoms with E-state index in [1.54, 1.807) is 13.0 Å². The number of ether oxygens (including phenoxy) is 1. The SMILES string of the molecule is C=C[C@]1(C)C[C@H](O)[C@@H]2[C@H](OC(=O)[C@H]2C)[C@H]1C(=C)CO. The predicted octanol–water partition coefficient (Wildman–Crippen LogP) is 1.29. The first kappa shape index (κ1) is 14.3. The van der Waals surface area contributed by atoms with Crippen LogP contribution in [0.4, 0.5) is 0 Å². The molecule has 0 radical (unpaired) electrons. The van der Waals surface area contributed by atoms with Crippen LogP contribution in [0, 0.1) is 23.2 Å². The number of carbonyl (C=O) groups is 1. The van der Waals surface area contributed by atoms with Gasteiger partial charge in [0, 0.05) is 11.8 Å². The van der Waals surface area contributed by atoms with Gasteiger partial charge in [-0.25, -0.2) is 0 Å². The molecule has 1 saturated heterocycles. The van der Waals surface area contributed by atoms with E-state index in [4.69, 9.17) is 4.74 Å². The quantitative estimate of drug-likeness (QED) is 0.596. The van der Waals surface area contributed by atoms with Crippen molar-refractivity contribution in [2.24, 2.45) is 23.2 Å². The van der Waals surface area contributed by atoms with E-state index in [1.807, 2.05) is 6.92 Å². The van der Waals surface area contributed by atoms with Crippen LogP contribution >= 0.6 is 0 Å². The van der Waals surface area contributed by atoms with Gasteiger partial charge >= 0.3 is 5.97 Å². The standard InChI is InChI=1S/C15H22O4/c1-5-15(4)6-10(17)11-9(3)14(18)19-13(11)12(15)8(2)7-16/h5,9-13,16-17H,1-2,6-7H2,3-4H3/t9-,10-,11+,12+,13-,15+/m0/s1. The van der Waals surface area contributed by atoms with Crippen molar-refractivity contribution in [2.45, 2.75) is 32.5 Å². The Labute approximate surface area is 113 Å². The van der Waals surface area contributed by atoms with Crippen molar-refractivity contribution in [3.8, 4) is 0 Å². The van der Waals surface area contributed by atoms with E-state index >= 15 is 0 Å². The highest BCUT2D eigenvalue weighted by molar-refractivity contribution is 5.75. The average Bonchev–Trinajstić information content (AvgIpc) is 2.65. The summed E-state index contributed by atoms with van der Waals surface area (Å²) in [4.78, 5) is 11.8. The number of fused-ring (bicyclic) bond motifs is 1. The summed E-state index contributed by atoms with van der Waals surface area (Å²) in [5, 5.41) is 19.7. The molecular weight excluding hydrogens is 244 g/mol. The lowest BCUT2D eigenvalue weighted by Crippen LogP contribution is -2.51. The number of aliphatic hydroxyl groups excluding tert-OH is 2. The van der Waals surface area contributed by atoms with Crippen molar-refractivity contribution >= 4 is 5.97 Å². The molecular formula is C15H22O4. The van der Waals surface area contributed by atoms with Crippen LogP contribution in [0.5, 0.6) is 0 Å². The molecule has 0 aromatic heterocycles. The lowest BCUT2D eigenvalue weighted by atomic mass is 9.58. The lowest BCUT2D eigenvalue weighted by Gasteiger charge is -2.48. The van der Waals surface area contributed by atoms with Crippen molar-refractivity contribution in [1.29, 1.82) is 0 Å². The number of carbonyl (C=O) groups excluding carboxylic acids is 1. The highest BCUT2D eigenvalue weighted by Gasteiger charge is 2.58. The highest BCUT2D eigenvalue weighted by atomic mass is 16.6. The first-order valence-corrected chi connectivity index (χ1v) is 6.66. The Kier molecular flexibility index (Phi) is 3.58. The summed E-state index contributed by atoms with van der Waals surface area (Å²) < 4.78 is 5.46. The number of hydrogen-bond donors (Lipinski definition) is 2. The fourth-order valence-electron chi connectivity index (χ4n) is 3.70. The van der Waals surface area contributed by atoms with Gasteiger partial charge in [-0.05, 0) is 17.4 Å². The van der Waals surface area contributed by atoms with Gasteiger partial charge in [0.2, 0.25) is 0 Å². The zero-order valence-corrected chi connectivity index (χ0v) is 11.5. The molecule has 1 heterocycles. The maximum Gasteiger partial charge on any atom is 0.309 e. The van der Waals surface area contributed by atoms with E-state index in [2.05, 4.69) is 13.2 Å². The molecule has 6 atom stereocenters. The van der Waals surface area contributed by atoms with E-state index in [9.17, 15) is 15.0 Å². The third-order valence-electron chi connectivity index (χ3n) is 4.82. The Morgan fingerprint density at radius 1 is 1.63 bits per heavy atom. The van der Waals surface area contributed by atoms with Crippen LogP contribution in [0.2, 0.25) is 0 Å². The van der Waals surface area contributed by atoms with Gasteiger partial charge < -0.3 is 14.9 Å². The fraction of sp³-hybridized carbons (Fsp3) is 0.667. The molecule has 2 rings (SSSR count). The normalized spacial score (nSPS) is 45.5. The smallest absolute Gasteiger partial charge is 0.309 e. The van der Waals surface area contributed by atoms with Crippen LogP contribution in [0.1, 0.15) is 20.3 Å². The minimum atomic E-state index is -0.600. The van der Waals surface area contributed by atoms with E-state index in [1.165, 1.54) is 0 Å². The first-order chi connectivity index (χ1) is 8.85. The maximum absolute atomic E-state index is 11.8. The van der Waals surface area contributed by atoms with Crippen molar-refractivity contribution in [2.75, 3.05) is 6.61 Å². The number of hydrogen-bond acceptors (Lipinski definition) is 4. The molecule has 1 aliphatic carbocycles. The van der Waals surface area contributed by atoms with Crippen LogP contribution < -0.4 is 0 Å². The molecule has 0 bridgehead atoms. The summed E-state index contributed by atoms with van der Waals surface area (Å²) >= 11 is 0. The van der Waals surface area contributed by atoms with Gasteiger partial charge in [0.25, 0.3) is 0 Å². The van der Waals surface area contributed by atoms with Crippen molar-refractivity contribution in [3.63, 3.8) is 0 Å². The molecule has 4 heteroatoms. The van der Waals surface area contributed by atoms with Gasteiger partial charge in [-0.3, -0.25) is 4.79 Å². The zero-order chi connectivity index (χ0) is 14.4. The third-order valence-corrected chi connectivity index (χ3v) is 4.82. The molecule has 0 unspecified atom stereocenters. The van der Waals surface area contributed by atoms with Crippen LogP contribution in [0.15, 0.2) is 24.8 Å². The molecule has 2 aliphatic rings. The topological polar surface area (TPSA) is 66.8 Å². The Morgan fingerprint density at radius 3 is 2.79 bits per heavy atom. The Balaban J connectivity index is 2.43. The minimum Gasteiger partial charge on any atom is -0.461 e. The zero-order valence-electron chi connectivity index (χ0n) is 11.5. The predicted molar refractivity (Wildman–Crippen MR) is 71.2 cm³/mol. The molecule has 106 valence electrons. The molecule has 1 aliphatic heterocycles. The molecule has 0 amide bonds. The van der Waals surface area contributed by atoms with E-state index in [0.29, 0.717) is 12.0 Å². The number of esters is 1. The second kappa shape index (κ2) is 4.76. The summed E-state index contributed by atoms with van der Waals surface area (Å²) in [6.07, 6.45) is 1.25. The Morgan fingerprint density at radius 2 is 2.26 bits per heavy atom. The number of allylic oxidation sites excluding steroid dienone is 1. The molecule has 19 heavy (non-hydrogen) atoms. The summed E-state index contributed by atoms with van der Waals surface area (Å²) in [5.74, 6) is -1.02. The lowest BCUT2D eigenvalue weighted by molar-refractivity contribution is -0.148. The van der Waals surface area contributed by atoms with E-state index in [-0.39, 0.29) is 30.3 Å². The first-order valence-electron chi connectivity index (χ1n) is 6.66. The van der Waals surface area contributed by atoms with Crippen LogP contribution in [-0.4, -0.2) is 35.0 Å². The second-order valence-electron chi connectivity index (χ2n) is 6.04. The van der Waals surface area contributed by atoms with Gasteiger partial charge in [-0.2, -0.15) is 0 Å². The van der Waals surface area contributed by atoms with Crippen molar-refractivity contribution in [3.05, 3.63) is 24.8 Å². The van der Waals surface area contributed by atoms with E-state index in [0.717, 1.165) is 0 Å². The number of rotatable bonds is 3. The molecule has 0 aromatic rings. The molecule has 2 N–H and O–H groups in total. The van der Waals surface area contributed by atoms with Gasteiger partial charge in [0.1, 0.15) is 6.10 Å². The summed E-state index contributed by atoms with van der Waals surface area (Å²) in [7, 11) is 0. The number of aliphatic hydroxyl groups is 2. The third kappa shape index (κ3) is 2.03. The van der Waals surface area contributed by atoms with Crippen LogP contribution in [-0.2, 0) is 9.53 Å². The van der Waals surface area contributed by atoms with Gasteiger partial charge in [-0.15, -0.1) is 6.58 Å². The highest BCUT2D eigenvalue weighted by Crippen LogP contribution is 2.52. The molecule has 1 saturated carbocycles. The summed E-state index contributed by atoms with van der Waals surface area (Å²) in [6, 6.07) is 0. The van der Waals surface area contributed by atoms with E-state index < -0.39 is 17.6 Å². The largest absolute Gasteiger partial charge is 0.461 e. The minimum absolute atomic E-state index is 0.153. The molecule has 0 aromatic carbocycles. The second-order valence-corrected chi connectivity index (χ2v) is 6.04. The van der Waals surface area contributed by atoms with Gasteiger partial charge in [0.15, 0.2) is 0 Å².